The second kappa shape index (κ2) is 5.99. The zero-order valence-corrected chi connectivity index (χ0v) is 12.1. The first-order valence-electron chi connectivity index (χ1n) is 7.37. The number of carboxylic acids is 1. The Morgan fingerprint density at radius 1 is 1.26 bits per heavy atom. The molecule has 1 aliphatic carbocycles. The molecule has 3 rings (SSSR count). The maximum absolute atomic E-state index is 12.1. The largest absolute Gasteiger partial charge is 0.522 e. The Balaban J connectivity index is 1.51. The molecule has 0 unspecified atom stereocenters. The summed E-state index contributed by atoms with van der Waals surface area (Å²) in [5, 5.41) is 16.8. The molecule has 1 saturated heterocycles. The number of aliphatic carboxylic acids is 1. The molecule has 7 nitrogen and oxygen atoms in total. The molecule has 128 valence electrons. The van der Waals surface area contributed by atoms with Crippen molar-refractivity contribution in [3.63, 3.8) is 0 Å². The van der Waals surface area contributed by atoms with Gasteiger partial charge >= 0.3 is 18.3 Å². The molecule has 2 fully saturated rings. The number of hydrogen-bond donors (Lipinski definition) is 1. The van der Waals surface area contributed by atoms with Gasteiger partial charge in [0.15, 0.2) is 0 Å². The van der Waals surface area contributed by atoms with Crippen LogP contribution in [0.3, 0.4) is 0 Å². The maximum Gasteiger partial charge on any atom is 0.522 e. The van der Waals surface area contributed by atoms with E-state index in [0.717, 1.165) is 0 Å². The smallest absolute Gasteiger partial charge is 0.481 e. The highest BCUT2D eigenvalue weighted by molar-refractivity contribution is 5.70. The van der Waals surface area contributed by atoms with Gasteiger partial charge in [-0.2, -0.15) is 0 Å². The van der Waals surface area contributed by atoms with Gasteiger partial charge in [0, 0.05) is 19.0 Å². The van der Waals surface area contributed by atoms with Crippen LogP contribution in [0, 0.1) is 5.92 Å². The minimum atomic E-state index is -4.62. The standard InChI is InChI=1S/C13H16F3N3O4/c14-13(15,16)23-9-5-8(6-9)10-17-18-12(22-10)19-3-1-7(2-4-19)11(20)21/h7-9H,1-6H2,(H,20,21). The fraction of sp³-hybridized carbons (Fsp3) is 0.769. The van der Waals surface area contributed by atoms with Gasteiger partial charge in [0.2, 0.25) is 5.89 Å². The van der Waals surface area contributed by atoms with E-state index in [2.05, 4.69) is 14.9 Å². The summed E-state index contributed by atoms with van der Waals surface area (Å²) in [5.74, 6) is -1.08. The second-order valence-electron chi connectivity index (χ2n) is 5.88. The predicted molar refractivity (Wildman–Crippen MR) is 69.8 cm³/mol. The van der Waals surface area contributed by atoms with Gasteiger partial charge in [0.05, 0.1) is 12.0 Å². The molecule has 0 spiro atoms. The van der Waals surface area contributed by atoms with Crippen LogP contribution in [0.4, 0.5) is 19.2 Å². The molecular formula is C13H16F3N3O4. The second-order valence-corrected chi connectivity index (χ2v) is 5.88. The minimum absolute atomic E-state index is 0.197. The van der Waals surface area contributed by atoms with Crippen LogP contribution in [0.2, 0.25) is 0 Å². The molecular weight excluding hydrogens is 319 g/mol. The van der Waals surface area contributed by atoms with Gasteiger partial charge in [-0.25, -0.2) is 0 Å². The molecule has 0 amide bonds. The van der Waals surface area contributed by atoms with Crippen LogP contribution in [-0.2, 0) is 9.53 Å². The van der Waals surface area contributed by atoms with Crippen molar-refractivity contribution >= 4 is 12.0 Å². The minimum Gasteiger partial charge on any atom is -0.481 e. The van der Waals surface area contributed by atoms with Crippen molar-refractivity contribution in [2.75, 3.05) is 18.0 Å². The van der Waals surface area contributed by atoms with Crippen LogP contribution in [0.25, 0.3) is 0 Å². The van der Waals surface area contributed by atoms with Crippen LogP contribution in [0.15, 0.2) is 4.42 Å². The summed E-state index contributed by atoms with van der Waals surface area (Å²) in [5.41, 5.74) is 0. The number of ether oxygens (including phenoxy) is 1. The Hall–Kier alpha value is -1.84. The Labute approximate surface area is 129 Å². The molecule has 1 N–H and O–H groups in total. The van der Waals surface area contributed by atoms with Crippen molar-refractivity contribution in [1.29, 1.82) is 0 Å². The summed E-state index contributed by atoms with van der Waals surface area (Å²) < 4.78 is 45.7. The number of rotatable bonds is 4. The summed E-state index contributed by atoms with van der Waals surface area (Å²) in [4.78, 5) is 12.7. The zero-order chi connectivity index (χ0) is 16.6. The number of hydrogen-bond acceptors (Lipinski definition) is 6. The van der Waals surface area contributed by atoms with Crippen LogP contribution in [-0.4, -0.2) is 46.8 Å². The Morgan fingerprint density at radius 3 is 2.48 bits per heavy atom. The van der Waals surface area contributed by atoms with E-state index in [4.69, 9.17) is 9.52 Å². The van der Waals surface area contributed by atoms with Crippen LogP contribution < -0.4 is 4.90 Å². The van der Waals surface area contributed by atoms with Crippen molar-refractivity contribution in [3.8, 4) is 0 Å². The molecule has 2 aliphatic rings. The van der Waals surface area contributed by atoms with E-state index in [1.807, 2.05) is 0 Å². The van der Waals surface area contributed by atoms with Gasteiger partial charge in [0.1, 0.15) is 0 Å². The lowest BCUT2D eigenvalue weighted by atomic mass is 9.82. The lowest BCUT2D eigenvalue weighted by Crippen LogP contribution is -2.36. The monoisotopic (exact) mass is 335 g/mol. The number of aromatic nitrogens is 2. The maximum atomic E-state index is 12.1. The summed E-state index contributed by atoms with van der Waals surface area (Å²) in [6, 6.07) is 0.295. The predicted octanol–water partition coefficient (Wildman–Crippen LogP) is 2.15. The van der Waals surface area contributed by atoms with Gasteiger partial charge < -0.3 is 14.4 Å². The van der Waals surface area contributed by atoms with E-state index >= 15 is 0 Å². The summed E-state index contributed by atoms with van der Waals surface area (Å²) in [6.45, 7) is 1.01. The van der Waals surface area contributed by atoms with E-state index in [1.54, 1.807) is 4.90 Å². The average molecular weight is 335 g/mol. The number of piperidine rings is 1. The lowest BCUT2D eigenvalue weighted by molar-refractivity contribution is -0.352. The molecule has 0 radical (unpaired) electrons. The Morgan fingerprint density at radius 2 is 1.91 bits per heavy atom. The van der Waals surface area contributed by atoms with Gasteiger partial charge in [0.25, 0.3) is 0 Å². The lowest BCUT2D eigenvalue weighted by Gasteiger charge is -2.33. The molecule has 1 aromatic rings. The quantitative estimate of drug-likeness (QED) is 0.902. The normalized spacial score (nSPS) is 26.1. The average Bonchev–Trinajstić information content (AvgIpc) is 2.90. The third-order valence-corrected chi connectivity index (χ3v) is 4.29. The Kier molecular flexibility index (Phi) is 4.17. The molecule has 23 heavy (non-hydrogen) atoms. The van der Waals surface area contributed by atoms with Crippen LogP contribution >= 0.6 is 0 Å². The molecule has 2 heterocycles. The van der Waals surface area contributed by atoms with E-state index in [0.29, 0.717) is 37.8 Å². The number of nitrogens with zero attached hydrogens (tertiary/aromatic N) is 3. The van der Waals surface area contributed by atoms with Crippen molar-refractivity contribution < 1.29 is 32.2 Å². The molecule has 1 aliphatic heterocycles. The highest BCUT2D eigenvalue weighted by atomic mass is 19.4. The van der Waals surface area contributed by atoms with E-state index < -0.39 is 18.4 Å². The van der Waals surface area contributed by atoms with E-state index in [-0.39, 0.29) is 24.7 Å². The number of carboxylic acid groups (broad SMARTS) is 1. The molecule has 0 bridgehead atoms. The van der Waals surface area contributed by atoms with Crippen molar-refractivity contribution in [3.05, 3.63) is 5.89 Å². The number of anilines is 1. The molecule has 1 saturated carbocycles. The highest BCUT2D eigenvalue weighted by Crippen LogP contribution is 2.41. The fourth-order valence-electron chi connectivity index (χ4n) is 2.89. The summed E-state index contributed by atoms with van der Waals surface area (Å²) >= 11 is 0. The van der Waals surface area contributed by atoms with Gasteiger partial charge in [-0.05, 0) is 25.7 Å². The topological polar surface area (TPSA) is 88.7 Å². The van der Waals surface area contributed by atoms with Crippen LogP contribution in [0.5, 0.6) is 0 Å². The third kappa shape index (κ3) is 3.74. The summed E-state index contributed by atoms with van der Waals surface area (Å²) in [6.07, 6.45) is -4.09. The van der Waals surface area contributed by atoms with E-state index in [9.17, 15) is 18.0 Å². The highest BCUT2D eigenvalue weighted by Gasteiger charge is 2.42. The molecule has 0 atom stereocenters. The van der Waals surface area contributed by atoms with Gasteiger partial charge in [-0.3, -0.25) is 9.53 Å². The zero-order valence-electron chi connectivity index (χ0n) is 12.1. The first-order chi connectivity index (χ1) is 10.8. The van der Waals surface area contributed by atoms with Crippen molar-refractivity contribution in [2.45, 2.75) is 44.1 Å². The SMILES string of the molecule is O=C(O)C1CCN(c2nnc(C3CC(OC(F)(F)F)C3)o2)CC1. The molecule has 10 heteroatoms. The summed E-state index contributed by atoms with van der Waals surface area (Å²) in [7, 11) is 0. The van der Waals surface area contributed by atoms with Gasteiger partial charge in [-0.1, -0.05) is 5.10 Å². The molecule has 1 aromatic heterocycles. The Bertz CT molecular complexity index is 563. The third-order valence-electron chi connectivity index (χ3n) is 4.29. The number of carbonyl (C=O) groups is 1. The first kappa shape index (κ1) is 16.0. The first-order valence-corrected chi connectivity index (χ1v) is 7.37. The van der Waals surface area contributed by atoms with Crippen molar-refractivity contribution in [1.82, 2.24) is 10.2 Å². The number of alkyl halides is 3. The fourth-order valence-corrected chi connectivity index (χ4v) is 2.89. The molecule has 0 aromatic carbocycles. The number of halogens is 3. The van der Waals surface area contributed by atoms with E-state index in [1.165, 1.54) is 0 Å². The van der Waals surface area contributed by atoms with Crippen LogP contribution in [0.1, 0.15) is 37.5 Å². The van der Waals surface area contributed by atoms with Crippen molar-refractivity contribution in [2.24, 2.45) is 5.92 Å². The van der Waals surface area contributed by atoms with Gasteiger partial charge in [-0.15, -0.1) is 18.3 Å².